The molecule has 1 unspecified atom stereocenters. The minimum Gasteiger partial charge on any atom is -0.375 e. The molecule has 2 amide bonds. The van der Waals surface area contributed by atoms with E-state index in [1.54, 1.807) is 14.1 Å². The van der Waals surface area contributed by atoms with Gasteiger partial charge in [0.25, 0.3) is 6.43 Å². The maximum atomic E-state index is 12.0. The van der Waals surface area contributed by atoms with Crippen molar-refractivity contribution in [3.05, 3.63) is 0 Å². The Morgan fingerprint density at radius 2 is 2.15 bits per heavy atom. The van der Waals surface area contributed by atoms with Crippen molar-refractivity contribution >= 4 is 11.8 Å². The summed E-state index contributed by atoms with van der Waals surface area (Å²) in [6.07, 6.45) is -2.53. The molecule has 20 heavy (non-hydrogen) atoms. The van der Waals surface area contributed by atoms with Gasteiger partial charge < -0.3 is 19.9 Å². The van der Waals surface area contributed by atoms with Crippen LogP contribution in [0.1, 0.15) is 6.42 Å². The van der Waals surface area contributed by atoms with Crippen LogP contribution in [0.3, 0.4) is 0 Å². The Hall–Kier alpha value is -1.28. The highest BCUT2D eigenvalue weighted by atomic mass is 19.3. The highest BCUT2D eigenvalue weighted by Gasteiger charge is 2.32. The standard InChI is InChI=1S/C12H21F2N3O3/c1-16(2)12(19)9-7-15-4-5-17(9)11(18)3-6-20-8-10(13)14/h9-10,15H,3-8H2,1-2H3. The monoisotopic (exact) mass is 293 g/mol. The molecule has 0 bridgehead atoms. The van der Waals surface area contributed by atoms with Crippen LogP contribution in [-0.2, 0) is 14.3 Å². The van der Waals surface area contributed by atoms with E-state index in [4.69, 9.17) is 4.74 Å². The van der Waals surface area contributed by atoms with Crippen LogP contribution in [0.15, 0.2) is 0 Å². The van der Waals surface area contributed by atoms with Gasteiger partial charge in [-0.15, -0.1) is 0 Å². The van der Waals surface area contributed by atoms with Crippen molar-refractivity contribution in [1.29, 1.82) is 0 Å². The molecule has 116 valence electrons. The van der Waals surface area contributed by atoms with Gasteiger partial charge in [0.1, 0.15) is 12.6 Å². The van der Waals surface area contributed by atoms with Gasteiger partial charge in [0.05, 0.1) is 13.0 Å². The first-order chi connectivity index (χ1) is 9.43. The third-order valence-electron chi connectivity index (χ3n) is 2.99. The summed E-state index contributed by atoms with van der Waals surface area (Å²) in [5, 5.41) is 3.07. The van der Waals surface area contributed by atoms with Gasteiger partial charge in [-0.2, -0.15) is 0 Å². The molecule has 6 nitrogen and oxygen atoms in total. The lowest BCUT2D eigenvalue weighted by Crippen LogP contribution is -2.59. The molecule has 1 saturated heterocycles. The molecule has 1 rings (SSSR count). The topological polar surface area (TPSA) is 61.9 Å². The fraction of sp³-hybridized carbons (Fsp3) is 0.833. The smallest absolute Gasteiger partial charge is 0.261 e. The van der Waals surface area contributed by atoms with Gasteiger partial charge in [0.15, 0.2) is 0 Å². The van der Waals surface area contributed by atoms with Gasteiger partial charge in [0.2, 0.25) is 11.8 Å². The van der Waals surface area contributed by atoms with Crippen molar-refractivity contribution in [3.63, 3.8) is 0 Å². The second-order valence-electron chi connectivity index (χ2n) is 4.76. The summed E-state index contributed by atoms with van der Waals surface area (Å²) in [5.74, 6) is -0.403. The highest BCUT2D eigenvalue weighted by molar-refractivity contribution is 5.88. The number of nitrogens with one attached hydrogen (secondary N) is 1. The van der Waals surface area contributed by atoms with E-state index in [1.165, 1.54) is 9.80 Å². The van der Waals surface area contributed by atoms with E-state index in [1.807, 2.05) is 0 Å². The zero-order valence-electron chi connectivity index (χ0n) is 11.8. The van der Waals surface area contributed by atoms with E-state index < -0.39 is 19.1 Å². The van der Waals surface area contributed by atoms with Crippen LogP contribution < -0.4 is 5.32 Å². The van der Waals surface area contributed by atoms with Crippen LogP contribution in [-0.4, -0.2) is 81.0 Å². The first kappa shape index (κ1) is 16.8. The summed E-state index contributed by atoms with van der Waals surface area (Å²) < 4.78 is 28.5. The zero-order valence-corrected chi connectivity index (χ0v) is 11.8. The Labute approximate surface area is 117 Å². The average molecular weight is 293 g/mol. The number of hydrogen-bond acceptors (Lipinski definition) is 4. The summed E-state index contributed by atoms with van der Waals surface area (Å²) in [6, 6.07) is -0.540. The Bertz CT molecular complexity index is 340. The van der Waals surface area contributed by atoms with E-state index in [0.717, 1.165) is 0 Å². The fourth-order valence-corrected chi connectivity index (χ4v) is 2.00. The molecular formula is C12H21F2N3O3. The molecule has 1 fully saturated rings. The lowest BCUT2D eigenvalue weighted by atomic mass is 10.1. The van der Waals surface area contributed by atoms with Gasteiger partial charge in [-0.05, 0) is 0 Å². The quantitative estimate of drug-likeness (QED) is 0.674. The Balaban J connectivity index is 2.48. The number of halogens is 2. The molecule has 1 aliphatic rings. The van der Waals surface area contributed by atoms with Crippen LogP contribution in [0.2, 0.25) is 0 Å². The number of amides is 2. The van der Waals surface area contributed by atoms with Crippen molar-refractivity contribution in [2.24, 2.45) is 0 Å². The van der Waals surface area contributed by atoms with E-state index in [0.29, 0.717) is 19.6 Å². The van der Waals surface area contributed by atoms with E-state index in [-0.39, 0.29) is 24.8 Å². The van der Waals surface area contributed by atoms with E-state index in [9.17, 15) is 18.4 Å². The number of carbonyl (C=O) groups is 2. The minimum absolute atomic E-state index is 0.00390. The summed E-state index contributed by atoms with van der Waals surface area (Å²) in [5.41, 5.74) is 0. The predicted octanol–water partition coefficient (Wildman–Crippen LogP) is -0.453. The first-order valence-electron chi connectivity index (χ1n) is 6.50. The average Bonchev–Trinajstić information content (AvgIpc) is 2.42. The fourth-order valence-electron chi connectivity index (χ4n) is 2.00. The molecule has 0 aromatic heterocycles. The van der Waals surface area contributed by atoms with Gasteiger partial charge in [-0.25, -0.2) is 8.78 Å². The summed E-state index contributed by atoms with van der Waals surface area (Å²) >= 11 is 0. The van der Waals surface area contributed by atoms with Crippen molar-refractivity contribution in [2.45, 2.75) is 18.9 Å². The van der Waals surface area contributed by atoms with Crippen LogP contribution in [0.25, 0.3) is 0 Å². The summed E-state index contributed by atoms with van der Waals surface area (Å²) in [4.78, 5) is 27.0. The Kier molecular flexibility index (Phi) is 6.80. The normalized spacial score (nSPS) is 19.2. The molecule has 0 saturated carbocycles. The van der Waals surface area contributed by atoms with Gasteiger partial charge >= 0.3 is 0 Å². The SMILES string of the molecule is CN(C)C(=O)C1CNCCN1C(=O)CCOCC(F)F. The number of likely N-dealkylation sites (N-methyl/N-ethyl adjacent to an activating group) is 1. The Morgan fingerprint density at radius 1 is 1.45 bits per heavy atom. The van der Waals surface area contributed by atoms with Gasteiger partial charge in [-0.3, -0.25) is 9.59 Å². The van der Waals surface area contributed by atoms with E-state index in [2.05, 4.69) is 5.32 Å². The highest BCUT2D eigenvalue weighted by Crippen LogP contribution is 2.08. The Morgan fingerprint density at radius 3 is 2.75 bits per heavy atom. The van der Waals surface area contributed by atoms with Crippen molar-refractivity contribution in [1.82, 2.24) is 15.1 Å². The van der Waals surface area contributed by atoms with Crippen molar-refractivity contribution in [2.75, 3.05) is 46.9 Å². The molecule has 1 N–H and O–H groups in total. The largest absolute Gasteiger partial charge is 0.375 e. The zero-order chi connectivity index (χ0) is 15.1. The molecule has 1 atom stereocenters. The predicted molar refractivity (Wildman–Crippen MR) is 68.5 cm³/mol. The number of nitrogens with zero attached hydrogens (tertiary/aromatic N) is 2. The molecule has 0 aliphatic carbocycles. The van der Waals surface area contributed by atoms with Crippen LogP contribution in [0.5, 0.6) is 0 Å². The third kappa shape index (κ3) is 5.01. The molecule has 1 heterocycles. The minimum atomic E-state index is -2.53. The second kappa shape index (κ2) is 8.11. The van der Waals surface area contributed by atoms with E-state index >= 15 is 0 Å². The summed E-state index contributed by atoms with van der Waals surface area (Å²) in [7, 11) is 3.26. The molecule has 0 spiro atoms. The molecular weight excluding hydrogens is 272 g/mol. The number of piperazine rings is 1. The van der Waals surface area contributed by atoms with Gasteiger partial charge in [-0.1, -0.05) is 0 Å². The van der Waals surface area contributed by atoms with Crippen LogP contribution >= 0.6 is 0 Å². The molecule has 0 aromatic rings. The molecule has 8 heteroatoms. The maximum absolute atomic E-state index is 12.0. The number of rotatable bonds is 6. The second-order valence-corrected chi connectivity index (χ2v) is 4.76. The molecule has 0 radical (unpaired) electrons. The maximum Gasteiger partial charge on any atom is 0.261 e. The molecule has 1 aliphatic heterocycles. The number of hydrogen-bond donors (Lipinski definition) is 1. The van der Waals surface area contributed by atoms with Crippen molar-refractivity contribution < 1.29 is 23.1 Å². The number of carbonyl (C=O) groups excluding carboxylic acids is 2. The van der Waals surface area contributed by atoms with Crippen LogP contribution in [0, 0.1) is 0 Å². The van der Waals surface area contributed by atoms with Gasteiger partial charge in [0, 0.05) is 33.7 Å². The molecule has 0 aromatic carbocycles. The van der Waals surface area contributed by atoms with Crippen molar-refractivity contribution in [3.8, 4) is 0 Å². The lowest BCUT2D eigenvalue weighted by Gasteiger charge is -2.36. The lowest BCUT2D eigenvalue weighted by molar-refractivity contribution is -0.146. The van der Waals surface area contributed by atoms with Crippen LogP contribution in [0.4, 0.5) is 8.78 Å². The number of ether oxygens (including phenoxy) is 1. The first-order valence-corrected chi connectivity index (χ1v) is 6.50. The number of alkyl halides is 2. The third-order valence-corrected chi connectivity index (χ3v) is 2.99. The summed E-state index contributed by atoms with van der Waals surface area (Å²) in [6.45, 7) is 0.713.